The van der Waals surface area contributed by atoms with Crippen molar-refractivity contribution >= 4 is 28.8 Å². The first kappa shape index (κ1) is 17.1. The van der Waals surface area contributed by atoms with Gasteiger partial charge in [0.1, 0.15) is 5.82 Å². The first-order valence-electron chi connectivity index (χ1n) is 7.16. The Morgan fingerprint density at radius 3 is 2.74 bits per heavy atom. The van der Waals surface area contributed by atoms with E-state index in [0.717, 1.165) is 17.1 Å². The van der Waals surface area contributed by atoms with Crippen LogP contribution < -0.4 is 5.32 Å². The molecule has 0 fully saturated rings. The van der Waals surface area contributed by atoms with Crippen molar-refractivity contribution < 1.29 is 14.0 Å². The van der Waals surface area contributed by atoms with Gasteiger partial charge in [0.25, 0.3) is 0 Å². The molecular formula is C16H18FN3O2S. The third kappa shape index (κ3) is 4.35. The van der Waals surface area contributed by atoms with Gasteiger partial charge in [-0.05, 0) is 37.1 Å². The van der Waals surface area contributed by atoms with E-state index in [0.29, 0.717) is 11.3 Å². The van der Waals surface area contributed by atoms with Gasteiger partial charge in [0.05, 0.1) is 17.2 Å². The largest absolute Gasteiger partial charge is 0.332 e. The number of anilines is 1. The molecule has 7 heteroatoms. The molecule has 5 nitrogen and oxygen atoms in total. The quantitative estimate of drug-likeness (QED) is 0.874. The van der Waals surface area contributed by atoms with Crippen LogP contribution in [0.3, 0.4) is 0 Å². The number of aromatic nitrogens is 1. The number of thiazole rings is 1. The standard InChI is InChI=1S/C16H18FN3O2S/c1-4-14-18-12(9-23-14)8-20(3)16(22)15(21)19-11-5-6-13(17)10(2)7-11/h5-7,9H,4,8H2,1-3H3,(H,19,21). The van der Waals surface area contributed by atoms with Crippen molar-refractivity contribution in [2.75, 3.05) is 12.4 Å². The molecule has 122 valence electrons. The number of nitrogens with zero attached hydrogens (tertiary/aromatic N) is 2. The Morgan fingerprint density at radius 2 is 2.13 bits per heavy atom. The topological polar surface area (TPSA) is 62.3 Å². The fourth-order valence-corrected chi connectivity index (χ4v) is 2.72. The molecule has 0 saturated carbocycles. The van der Waals surface area contributed by atoms with Gasteiger partial charge < -0.3 is 10.2 Å². The monoisotopic (exact) mass is 335 g/mol. The predicted molar refractivity (Wildman–Crippen MR) is 87.7 cm³/mol. The van der Waals surface area contributed by atoms with Gasteiger partial charge in [-0.25, -0.2) is 9.37 Å². The van der Waals surface area contributed by atoms with Crippen LogP contribution in [-0.4, -0.2) is 28.7 Å². The van der Waals surface area contributed by atoms with Crippen molar-refractivity contribution in [2.24, 2.45) is 0 Å². The zero-order valence-electron chi connectivity index (χ0n) is 13.2. The molecular weight excluding hydrogens is 317 g/mol. The molecule has 0 aliphatic rings. The molecule has 1 aromatic heterocycles. The van der Waals surface area contributed by atoms with Gasteiger partial charge in [-0.3, -0.25) is 9.59 Å². The highest BCUT2D eigenvalue weighted by atomic mass is 32.1. The minimum Gasteiger partial charge on any atom is -0.332 e. The molecule has 0 atom stereocenters. The maximum absolute atomic E-state index is 13.2. The van der Waals surface area contributed by atoms with E-state index in [9.17, 15) is 14.0 Å². The number of benzene rings is 1. The van der Waals surface area contributed by atoms with Crippen molar-refractivity contribution in [2.45, 2.75) is 26.8 Å². The molecule has 2 amide bonds. The van der Waals surface area contributed by atoms with Crippen molar-refractivity contribution in [1.82, 2.24) is 9.88 Å². The molecule has 0 saturated heterocycles. The Labute approximate surface area is 138 Å². The number of hydrogen-bond donors (Lipinski definition) is 1. The highest BCUT2D eigenvalue weighted by Gasteiger charge is 2.20. The average Bonchev–Trinajstić information content (AvgIpc) is 2.97. The molecule has 1 aromatic carbocycles. The number of hydrogen-bond acceptors (Lipinski definition) is 4. The fourth-order valence-electron chi connectivity index (χ4n) is 1.98. The van der Waals surface area contributed by atoms with Gasteiger partial charge in [0.2, 0.25) is 0 Å². The minimum absolute atomic E-state index is 0.269. The summed E-state index contributed by atoms with van der Waals surface area (Å²) in [6, 6.07) is 4.15. The van der Waals surface area contributed by atoms with Gasteiger partial charge in [-0.15, -0.1) is 11.3 Å². The van der Waals surface area contributed by atoms with Crippen LogP contribution >= 0.6 is 11.3 Å². The van der Waals surface area contributed by atoms with Crippen LogP contribution in [0.1, 0.15) is 23.2 Å². The number of carbonyl (C=O) groups excluding carboxylic acids is 2. The van der Waals surface area contributed by atoms with Gasteiger partial charge in [-0.1, -0.05) is 6.92 Å². The van der Waals surface area contributed by atoms with Gasteiger partial charge >= 0.3 is 11.8 Å². The number of likely N-dealkylation sites (N-methyl/N-ethyl adjacent to an activating group) is 1. The molecule has 0 spiro atoms. The van der Waals surface area contributed by atoms with Crippen LogP contribution in [-0.2, 0) is 22.6 Å². The highest BCUT2D eigenvalue weighted by Crippen LogP contribution is 2.14. The van der Waals surface area contributed by atoms with Crippen molar-refractivity contribution in [3.05, 3.63) is 45.7 Å². The number of amides is 2. The summed E-state index contributed by atoms with van der Waals surface area (Å²) in [4.78, 5) is 29.8. The van der Waals surface area contributed by atoms with Gasteiger partial charge in [0, 0.05) is 18.1 Å². The number of nitrogens with one attached hydrogen (secondary N) is 1. The summed E-state index contributed by atoms with van der Waals surface area (Å²) in [5, 5.41) is 5.35. The second-order valence-corrected chi connectivity index (χ2v) is 6.11. The van der Waals surface area contributed by atoms with E-state index in [2.05, 4.69) is 10.3 Å². The summed E-state index contributed by atoms with van der Waals surface area (Å²) >= 11 is 1.53. The maximum atomic E-state index is 13.2. The number of aryl methyl sites for hydroxylation is 2. The van der Waals surface area contributed by atoms with E-state index in [1.165, 1.54) is 34.4 Å². The lowest BCUT2D eigenvalue weighted by atomic mass is 10.2. The summed E-state index contributed by atoms with van der Waals surface area (Å²) in [5.74, 6) is -1.79. The second kappa shape index (κ2) is 7.32. The lowest BCUT2D eigenvalue weighted by Gasteiger charge is -2.15. The molecule has 0 unspecified atom stereocenters. The molecule has 23 heavy (non-hydrogen) atoms. The predicted octanol–water partition coefficient (Wildman–Crippen LogP) is 2.75. The van der Waals surface area contributed by atoms with Crippen LogP contribution in [0.25, 0.3) is 0 Å². The fraction of sp³-hybridized carbons (Fsp3) is 0.312. The van der Waals surface area contributed by atoms with E-state index in [-0.39, 0.29) is 12.4 Å². The van der Waals surface area contributed by atoms with Crippen LogP contribution in [0, 0.1) is 12.7 Å². The lowest BCUT2D eigenvalue weighted by Crippen LogP contribution is -2.36. The van der Waals surface area contributed by atoms with E-state index in [1.54, 1.807) is 14.0 Å². The van der Waals surface area contributed by atoms with E-state index in [4.69, 9.17) is 0 Å². The van der Waals surface area contributed by atoms with Gasteiger partial charge in [0.15, 0.2) is 0 Å². The van der Waals surface area contributed by atoms with E-state index in [1.807, 2.05) is 12.3 Å². The second-order valence-electron chi connectivity index (χ2n) is 5.17. The molecule has 0 bridgehead atoms. The highest BCUT2D eigenvalue weighted by molar-refractivity contribution is 7.09. The average molecular weight is 335 g/mol. The summed E-state index contributed by atoms with van der Waals surface area (Å²) in [7, 11) is 1.54. The molecule has 0 aliphatic carbocycles. The molecule has 1 N–H and O–H groups in total. The van der Waals surface area contributed by atoms with Crippen molar-refractivity contribution in [1.29, 1.82) is 0 Å². The summed E-state index contributed by atoms with van der Waals surface area (Å²) in [5.41, 5.74) is 1.55. The van der Waals surface area contributed by atoms with E-state index >= 15 is 0 Å². The Morgan fingerprint density at radius 1 is 1.39 bits per heavy atom. The Hall–Kier alpha value is -2.28. The SMILES string of the molecule is CCc1nc(CN(C)C(=O)C(=O)Nc2ccc(F)c(C)c2)cs1. The zero-order valence-corrected chi connectivity index (χ0v) is 14.0. The van der Waals surface area contributed by atoms with Crippen molar-refractivity contribution in [3.8, 4) is 0 Å². The number of carbonyl (C=O) groups is 2. The first-order valence-corrected chi connectivity index (χ1v) is 8.04. The molecule has 2 aromatic rings. The molecule has 0 radical (unpaired) electrons. The molecule has 1 heterocycles. The third-order valence-corrected chi connectivity index (χ3v) is 4.30. The Balaban J connectivity index is 1.97. The van der Waals surface area contributed by atoms with E-state index < -0.39 is 11.8 Å². The zero-order chi connectivity index (χ0) is 17.0. The Bertz CT molecular complexity index is 730. The van der Waals surface area contributed by atoms with Crippen LogP contribution in [0.5, 0.6) is 0 Å². The molecule has 2 rings (SSSR count). The Kier molecular flexibility index (Phi) is 5.44. The number of halogens is 1. The lowest BCUT2D eigenvalue weighted by molar-refractivity contribution is -0.142. The van der Waals surface area contributed by atoms with Crippen LogP contribution in [0.2, 0.25) is 0 Å². The summed E-state index contributed by atoms with van der Waals surface area (Å²) in [6.07, 6.45) is 0.840. The van der Waals surface area contributed by atoms with Crippen LogP contribution in [0.4, 0.5) is 10.1 Å². The minimum atomic E-state index is -0.760. The van der Waals surface area contributed by atoms with Crippen LogP contribution in [0.15, 0.2) is 23.6 Å². The van der Waals surface area contributed by atoms with Crippen molar-refractivity contribution in [3.63, 3.8) is 0 Å². The molecule has 0 aliphatic heterocycles. The first-order chi connectivity index (χ1) is 10.9. The normalized spacial score (nSPS) is 10.4. The number of rotatable bonds is 4. The summed E-state index contributed by atoms with van der Waals surface area (Å²) < 4.78 is 13.2. The smallest absolute Gasteiger partial charge is 0.313 e. The summed E-state index contributed by atoms with van der Waals surface area (Å²) in [6.45, 7) is 3.87. The maximum Gasteiger partial charge on any atom is 0.313 e. The van der Waals surface area contributed by atoms with Gasteiger partial charge in [-0.2, -0.15) is 0 Å². The third-order valence-electron chi connectivity index (χ3n) is 3.26.